The fraction of sp³-hybridized carbons (Fsp3) is 0.333. The summed E-state index contributed by atoms with van der Waals surface area (Å²) in [6.07, 6.45) is -8.58. The Bertz CT molecular complexity index is 307. The van der Waals surface area contributed by atoms with E-state index in [0.29, 0.717) is 12.2 Å². The summed E-state index contributed by atoms with van der Waals surface area (Å²) in [4.78, 5) is 0. The number of rotatable bonds is 0. The summed E-state index contributed by atoms with van der Waals surface area (Å²) in [7, 11) is 0. The highest BCUT2D eigenvalue weighted by molar-refractivity contribution is 5.52. The van der Waals surface area contributed by atoms with Gasteiger partial charge in [0.25, 0.3) is 0 Å². The van der Waals surface area contributed by atoms with E-state index in [1.54, 1.807) is 0 Å². The van der Waals surface area contributed by atoms with Crippen LogP contribution in [0.3, 0.4) is 0 Å². The minimum atomic E-state index is -4.79. The SMILES string of the molecule is C=C1C(C(F)(F)F)=CCC=C1C(F)(F)F. The zero-order valence-electron chi connectivity index (χ0n) is 7.34. The lowest BCUT2D eigenvalue weighted by Crippen LogP contribution is -2.22. The van der Waals surface area contributed by atoms with Crippen LogP contribution in [0.2, 0.25) is 0 Å². The molecule has 0 atom stereocenters. The highest BCUT2D eigenvalue weighted by Gasteiger charge is 2.43. The van der Waals surface area contributed by atoms with Crippen LogP contribution in [-0.4, -0.2) is 12.4 Å². The van der Waals surface area contributed by atoms with Crippen LogP contribution in [0.5, 0.6) is 0 Å². The van der Waals surface area contributed by atoms with E-state index in [2.05, 4.69) is 6.58 Å². The van der Waals surface area contributed by atoms with Crippen LogP contribution in [0.25, 0.3) is 0 Å². The van der Waals surface area contributed by atoms with Crippen molar-refractivity contribution in [3.63, 3.8) is 0 Å². The second kappa shape index (κ2) is 3.43. The molecule has 15 heavy (non-hydrogen) atoms. The first-order chi connectivity index (χ1) is 6.64. The Labute approximate surface area is 81.6 Å². The molecule has 1 rings (SSSR count). The molecule has 0 spiro atoms. The third-order valence-corrected chi connectivity index (χ3v) is 1.90. The van der Waals surface area contributed by atoms with Crippen LogP contribution in [-0.2, 0) is 0 Å². The van der Waals surface area contributed by atoms with Crippen molar-refractivity contribution in [2.75, 3.05) is 0 Å². The molecule has 0 aromatic rings. The normalized spacial score (nSPS) is 18.7. The molecule has 0 aliphatic heterocycles. The summed E-state index contributed by atoms with van der Waals surface area (Å²) in [5.74, 6) is 0. The lowest BCUT2D eigenvalue weighted by atomic mass is 9.92. The molecule has 0 radical (unpaired) electrons. The standard InChI is InChI=1S/C9H6F6/c1-5-6(8(10,11)12)3-2-4-7(5)9(13,14)15/h3-4H,1-2H2. The summed E-state index contributed by atoms with van der Waals surface area (Å²) in [6.45, 7) is 2.83. The minimum absolute atomic E-state index is 0.386. The van der Waals surface area contributed by atoms with Gasteiger partial charge in [-0.15, -0.1) is 0 Å². The Hall–Kier alpha value is -1.20. The predicted octanol–water partition coefficient (Wildman–Crippen LogP) is 3.92. The van der Waals surface area contributed by atoms with Gasteiger partial charge in [-0.1, -0.05) is 18.7 Å². The van der Waals surface area contributed by atoms with E-state index in [0.717, 1.165) is 0 Å². The molecule has 0 saturated heterocycles. The van der Waals surface area contributed by atoms with Crippen molar-refractivity contribution in [3.05, 3.63) is 35.5 Å². The predicted molar refractivity (Wildman–Crippen MR) is 42.0 cm³/mol. The summed E-state index contributed by atoms with van der Waals surface area (Å²) in [6, 6.07) is 0. The molecule has 84 valence electrons. The molecule has 1 aliphatic rings. The van der Waals surface area contributed by atoms with Crippen LogP contribution in [0.1, 0.15) is 6.42 Å². The second-order valence-electron chi connectivity index (χ2n) is 2.95. The van der Waals surface area contributed by atoms with Crippen molar-refractivity contribution in [2.45, 2.75) is 18.8 Å². The van der Waals surface area contributed by atoms with Gasteiger partial charge in [-0.3, -0.25) is 0 Å². The summed E-state index contributed by atoms with van der Waals surface area (Å²) < 4.78 is 73.4. The van der Waals surface area contributed by atoms with Crippen molar-refractivity contribution in [1.82, 2.24) is 0 Å². The fourth-order valence-electron chi connectivity index (χ4n) is 1.26. The maximum absolute atomic E-state index is 12.2. The smallest absolute Gasteiger partial charge is 0.166 e. The average molecular weight is 228 g/mol. The Morgan fingerprint density at radius 3 is 1.47 bits per heavy atom. The zero-order chi connectivity index (χ0) is 11.9. The maximum atomic E-state index is 12.2. The molecule has 1 aliphatic carbocycles. The van der Waals surface area contributed by atoms with Gasteiger partial charge in [0, 0.05) is 0 Å². The number of allylic oxidation sites excluding steroid dienone is 5. The van der Waals surface area contributed by atoms with Crippen LogP contribution < -0.4 is 0 Å². The van der Waals surface area contributed by atoms with Gasteiger partial charge >= 0.3 is 12.4 Å². The Morgan fingerprint density at radius 1 is 0.867 bits per heavy atom. The quantitative estimate of drug-likeness (QED) is 0.551. The van der Waals surface area contributed by atoms with Gasteiger partial charge in [-0.05, 0) is 12.0 Å². The Kier molecular flexibility index (Phi) is 2.71. The molecule has 0 bridgehead atoms. The lowest BCUT2D eigenvalue weighted by Gasteiger charge is -2.21. The van der Waals surface area contributed by atoms with Gasteiger partial charge in [0.2, 0.25) is 0 Å². The van der Waals surface area contributed by atoms with Gasteiger partial charge < -0.3 is 0 Å². The van der Waals surface area contributed by atoms with Crippen molar-refractivity contribution in [3.8, 4) is 0 Å². The Morgan fingerprint density at radius 2 is 1.20 bits per heavy atom. The molecule has 0 aromatic heterocycles. The molecular weight excluding hydrogens is 222 g/mol. The zero-order valence-corrected chi connectivity index (χ0v) is 7.34. The molecule has 0 heterocycles. The molecular formula is C9H6F6. The number of hydrogen-bond donors (Lipinski definition) is 0. The number of halogens is 6. The highest BCUT2D eigenvalue weighted by Crippen LogP contribution is 2.42. The first-order valence-electron chi connectivity index (χ1n) is 3.88. The van der Waals surface area contributed by atoms with Crippen molar-refractivity contribution in [1.29, 1.82) is 0 Å². The van der Waals surface area contributed by atoms with E-state index in [-0.39, 0.29) is 6.42 Å². The summed E-state index contributed by atoms with van der Waals surface area (Å²) in [5.41, 5.74) is -3.63. The minimum Gasteiger partial charge on any atom is -0.166 e. The second-order valence-corrected chi connectivity index (χ2v) is 2.95. The van der Waals surface area contributed by atoms with Crippen LogP contribution in [0, 0.1) is 0 Å². The van der Waals surface area contributed by atoms with Gasteiger partial charge in [0.15, 0.2) is 0 Å². The van der Waals surface area contributed by atoms with E-state index in [1.165, 1.54) is 0 Å². The fourth-order valence-corrected chi connectivity index (χ4v) is 1.26. The van der Waals surface area contributed by atoms with E-state index in [4.69, 9.17) is 0 Å². The van der Waals surface area contributed by atoms with Crippen LogP contribution in [0.4, 0.5) is 26.3 Å². The van der Waals surface area contributed by atoms with E-state index in [9.17, 15) is 26.3 Å². The van der Waals surface area contributed by atoms with Crippen LogP contribution >= 0.6 is 0 Å². The molecule has 0 amide bonds. The molecule has 0 fully saturated rings. The molecule has 0 saturated carbocycles. The molecule has 6 heteroatoms. The van der Waals surface area contributed by atoms with Crippen molar-refractivity contribution < 1.29 is 26.3 Å². The number of alkyl halides is 6. The highest BCUT2D eigenvalue weighted by atomic mass is 19.4. The van der Waals surface area contributed by atoms with Crippen molar-refractivity contribution >= 4 is 0 Å². The molecule has 0 aromatic carbocycles. The number of hydrogen-bond acceptors (Lipinski definition) is 0. The molecule has 0 N–H and O–H groups in total. The first-order valence-corrected chi connectivity index (χ1v) is 3.88. The lowest BCUT2D eigenvalue weighted by molar-refractivity contribution is -0.0980. The summed E-state index contributed by atoms with van der Waals surface area (Å²) >= 11 is 0. The van der Waals surface area contributed by atoms with Gasteiger partial charge in [0.05, 0.1) is 11.1 Å². The monoisotopic (exact) mass is 228 g/mol. The largest absolute Gasteiger partial charge is 0.416 e. The molecule has 0 nitrogen and oxygen atoms in total. The van der Waals surface area contributed by atoms with E-state index < -0.39 is 29.1 Å². The molecule has 0 unspecified atom stereocenters. The first kappa shape index (κ1) is 11.9. The average Bonchev–Trinajstić information content (AvgIpc) is 1.99. The van der Waals surface area contributed by atoms with Gasteiger partial charge in [0.1, 0.15) is 0 Å². The topological polar surface area (TPSA) is 0 Å². The third-order valence-electron chi connectivity index (χ3n) is 1.90. The van der Waals surface area contributed by atoms with E-state index >= 15 is 0 Å². The third kappa shape index (κ3) is 2.43. The van der Waals surface area contributed by atoms with Gasteiger partial charge in [-0.2, -0.15) is 26.3 Å². The van der Waals surface area contributed by atoms with Crippen molar-refractivity contribution in [2.24, 2.45) is 0 Å². The maximum Gasteiger partial charge on any atom is 0.416 e. The summed E-state index contributed by atoms with van der Waals surface area (Å²) in [5, 5.41) is 0. The Balaban J connectivity index is 3.05. The van der Waals surface area contributed by atoms with Gasteiger partial charge in [-0.25, -0.2) is 0 Å². The van der Waals surface area contributed by atoms with Crippen LogP contribution in [0.15, 0.2) is 35.5 Å². The van der Waals surface area contributed by atoms with E-state index in [1.807, 2.05) is 0 Å².